The van der Waals surface area contributed by atoms with Crippen LogP contribution in [0.15, 0.2) is 29.6 Å². The molecule has 2 aromatic heterocycles. The van der Waals surface area contributed by atoms with Crippen LogP contribution in [0.5, 0.6) is 0 Å². The molecule has 5 heteroatoms. The molecule has 0 aliphatic heterocycles. The van der Waals surface area contributed by atoms with Crippen LogP contribution in [0.1, 0.15) is 11.0 Å². The molecule has 2 heterocycles. The molecule has 2 aromatic rings. The van der Waals surface area contributed by atoms with Crippen molar-refractivity contribution < 1.29 is 10.2 Å². The lowest BCUT2D eigenvalue weighted by Gasteiger charge is -2.12. The van der Waals surface area contributed by atoms with Crippen LogP contribution < -0.4 is 0 Å². The van der Waals surface area contributed by atoms with E-state index in [4.69, 9.17) is 11.6 Å². The number of hydrogen-bond acceptors (Lipinski definition) is 4. The molecule has 86 valence electrons. The van der Waals surface area contributed by atoms with Crippen LogP contribution in [0.3, 0.4) is 0 Å². The second kappa shape index (κ2) is 5.29. The van der Waals surface area contributed by atoms with Gasteiger partial charge in [-0.2, -0.15) is 0 Å². The summed E-state index contributed by atoms with van der Waals surface area (Å²) < 4.78 is 0. The van der Waals surface area contributed by atoms with Gasteiger partial charge in [0.25, 0.3) is 0 Å². The van der Waals surface area contributed by atoms with Crippen molar-refractivity contribution in [2.24, 2.45) is 0 Å². The molecule has 0 amide bonds. The second-order valence-electron chi connectivity index (χ2n) is 3.35. The predicted molar refractivity (Wildman–Crippen MR) is 69.3 cm³/mol. The van der Waals surface area contributed by atoms with Crippen LogP contribution in [0.4, 0.5) is 0 Å². The number of hydrogen-bond donors (Lipinski definition) is 2. The van der Waals surface area contributed by atoms with E-state index in [0.29, 0.717) is 0 Å². The Bertz CT molecular complexity index is 439. The Morgan fingerprint density at radius 2 is 2.00 bits per heavy atom. The third-order valence-electron chi connectivity index (χ3n) is 2.20. The standard InChI is InChI=1S/C11H11ClO2S2/c12-6-7(13)11(14)10-4-3-9(16-10)8-2-1-5-15-8/h1-5,7,11,13-14H,6H2. The first-order valence-corrected chi connectivity index (χ1v) is 7.01. The molecule has 2 atom stereocenters. The molecule has 2 nitrogen and oxygen atoms in total. The van der Waals surface area contributed by atoms with Crippen molar-refractivity contribution in [2.75, 3.05) is 5.88 Å². The number of aliphatic hydroxyl groups excluding tert-OH is 2. The van der Waals surface area contributed by atoms with Crippen LogP contribution in [0, 0.1) is 0 Å². The summed E-state index contributed by atoms with van der Waals surface area (Å²) in [6.07, 6.45) is -1.80. The molecule has 0 saturated heterocycles. The predicted octanol–water partition coefficient (Wildman–Crippen LogP) is 3.11. The lowest BCUT2D eigenvalue weighted by molar-refractivity contribution is 0.0350. The fourth-order valence-corrected chi connectivity index (χ4v) is 3.39. The largest absolute Gasteiger partial charge is 0.389 e. The fraction of sp³-hybridized carbons (Fsp3) is 0.273. The highest BCUT2D eigenvalue weighted by Crippen LogP contribution is 2.34. The summed E-state index contributed by atoms with van der Waals surface area (Å²) in [5.74, 6) is 0.0351. The van der Waals surface area contributed by atoms with Gasteiger partial charge in [-0.25, -0.2) is 0 Å². The Morgan fingerprint density at radius 1 is 1.19 bits per heavy atom. The van der Waals surface area contributed by atoms with E-state index in [1.54, 1.807) is 11.3 Å². The summed E-state index contributed by atoms with van der Waals surface area (Å²) in [5, 5.41) is 21.2. The highest BCUT2D eigenvalue weighted by molar-refractivity contribution is 7.21. The van der Waals surface area contributed by atoms with Crippen LogP contribution in [0.25, 0.3) is 9.75 Å². The van der Waals surface area contributed by atoms with Crippen molar-refractivity contribution in [1.82, 2.24) is 0 Å². The molecule has 0 bridgehead atoms. The Hall–Kier alpha value is -0.390. The first-order chi connectivity index (χ1) is 7.72. The number of alkyl halides is 1. The van der Waals surface area contributed by atoms with E-state index >= 15 is 0 Å². The van der Waals surface area contributed by atoms with Crippen molar-refractivity contribution >= 4 is 34.3 Å². The van der Waals surface area contributed by atoms with E-state index in [1.165, 1.54) is 16.2 Å². The fourth-order valence-electron chi connectivity index (χ4n) is 1.34. The summed E-state index contributed by atoms with van der Waals surface area (Å²) in [6.45, 7) is 0. The molecule has 0 aromatic carbocycles. The van der Waals surface area contributed by atoms with Crippen LogP contribution in [-0.4, -0.2) is 22.2 Å². The van der Waals surface area contributed by atoms with Crippen LogP contribution in [0.2, 0.25) is 0 Å². The summed E-state index contributed by atoms with van der Waals surface area (Å²) in [6, 6.07) is 7.81. The van der Waals surface area contributed by atoms with Crippen molar-refractivity contribution in [3.05, 3.63) is 34.5 Å². The number of thiophene rings is 2. The summed E-state index contributed by atoms with van der Waals surface area (Å²) in [7, 11) is 0. The Labute approximate surface area is 107 Å². The van der Waals surface area contributed by atoms with Gasteiger partial charge in [-0.1, -0.05) is 6.07 Å². The van der Waals surface area contributed by atoms with E-state index in [9.17, 15) is 10.2 Å². The second-order valence-corrected chi connectivity index (χ2v) is 5.72. The maximum atomic E-state index is 9.78. The van der Waals surface area contributed by atoms with Gasteiger partial charge in [-0.05, 0) is 23.6 Å². The van der Waals surface area contributed by atoms with Gasteiger partial charge < -0.3 is 10.2 Å². The van der Waals surface area contributed by atoms with E-state index < -0.39 is 12.2 Å². The maximum Gasteiger partial charge on any atom is 0.115 e. The summed E-state index contributed by atoms with van der Waals surface area (Å²) in [4.78, 5) is 3.02. The third-order valence-corrected chi connectivity index (χ3v) is 4.74. The molecule has 16 heavy (non-hydrogen) atoms. The minimum Gasteiger partial charge on any atom is -0.389 e. The van der Waals surface area contributed by atoms with E-state index in [1.807, 2.05) is 29.6 Å². The Kier molecular flexibility index (Phi) is 4.00. The SMILES string of the molecule is OC(CCl)C(O)c1ccc(-c2cccs2)s1. The maximum absolute atomic E-state index is 9.78. The molecule has 2 rings (SSSR count). The van der Waals surface area contributed by atoms with E-state index in [0.717, 1.165) is 9.75 Å². The zero-order chi connectivity index (χ0) is 11.5. The summed E-state index contributed by atoms with van der Waals surface area (Å²) in [5.41, 5.74) is 0. The van der Waals surface area contributed by atoms with E-state index in [-0.39, 0.29) is 5.88 Å². The van der Waals surface area contributed by atoms with Crippen molar-refractivity contribution in [2.45, 2.75) is 12.2 Å². The van der Waals surface area contributed by atoms with Crippen LogP contribution >= 0.6 is 34.3 Å². The zero-order valence-electron chi connectivity index (χ0n) is 8.34. The van der Waals surface area contributed by atoms with Gasteiger partial charge >= 0.3 is 0 Å². The molecule has 0 aliphatic rings. The zero-order valence-corrected chi connectivity index (χ0v) is 10.7. The molecule has 0 saturated carbocycles. The Morgan fingerprint density at radius 3 is 2.62 bits per heavy atom. The quantitative estimate of drug-likeness (QED) is 0.841. The topological polar surface area (TPSA) is 40.5 Å². The van der Waals surface area contributed by atoms with Gasteiger partial charge in [0.15, 0.2) is 0 Å². The van der Waals surface area contributed by atoms with Gasteiger partial charge in [0.2, 0.25) is 0 Å². The molecule has 0 spiro atoms. The molecule has 0 radical (unpaired) electrons. The molecule has 0 fully saturated rings. The highest BCUT2D eigenvalue weighted by Gasteiger charge is 2.19. The van der Waals surface area contributed by atoms with Gasteiger partial charge in [-0.3, -0.25) is 0 Å². The first kappa shape index (κ1) is 12.1. The summed E-state index contributed by atoms with van der Waals surface area (Å²) >= 11 is 8.64. The molecule has 0 aliphatic carbocycles. The third kappa shape index (κ3) is 2.47. The van der Waals surface area contributed by atoms with Crippen molar-refractivity contribution in [3.8, 4) is 9.75 Å². The average molecular weight is 275 g/mol. The first-order valence-electron chi connectivity index (χ1n) is 4.78. The molecule has 2 unspecified atom stereocenters. The smallest absolute Gasteiger partial charge is 0.115 e. The Balaban J connectivity index is 2.20. The number of aliphatic hydroxyl groups is 2. The van der Waals surface area contributed by atoms with Gasteiger partial charge in [0.05, 0.1) is 12.0 Å². The minimum atomic E-state index is -0.906. The lowest BCUT2D eigenvalue weighted by atomic mass is 10.2. The van der Waals surface area contributed by atoms with Crippen molar-refractivity contribution in [1.29, 1.82) is 0 Å². The number of rotatable bonds is 4. The monoisotopic (exact) mass is 274 g/mol. The van der Waals surface area contributed by atoms with Gasteiger partial charge in [0, 0.05) is 14.6 Å². The lowest BCUT2D eigenvalue weighted by Crippen LogP contribution is -2.18. The molecule has 2 N–H and O–H groups in total. The number of halogens is 1. The normalized spacial score (nSPS) is 14.9. The van der Waals surface area contributed by atoms with Crippen LogP contribution in [-0.2, 0) is 0 Å². The average Bonchev–Trinajstić information content (AvgIpc) is 2.96. The van der Waals surface area contributed by atoms with Gasteiger partial charge in [-0.15, -0.1) is 34.3 Å². The van der Waals surface area contributed by atoms with Crippen molar-refractivity contribution in [3.63, 3.8) is 0 Å². The van der Waals surface area contributed by atoms with Gasteiger partial charge in [0.1, 0.15) is 6.10 Å². The van der Waals surface area contributed by atoms with E-state index in [2.05, 4.69) is 0 Å². The minimum absolute atomic E-state index is 0.0351. The molecular formula is C11H11ClO2S2. The molecular weight excluding hydrogens is 264 g/mol. The highest BCUT2D eigenvalue weighted by atomic mass is 35.5.